The van der Waals surface area contributed by atoms with E-state index in [0.29, 0.717) is 25.4 Å². The second kappa shape index (κ2) is 5.65. The van der Waals surface area contributed by atoms with Crippen molar-refractivity contribution in [1.82, 2.24) is 4.90 Å². The van der Waals surface area contributed by atoms with Crippen molar-refractivity contribution in [3.63, 3.8) is 0 Å². The first kappa shape index (κ1) is 12.7. The summed E-state index contributed by atoms with van der Waals surface area (Å²) in [5.41, 5.74) is 5.47. The molecule has 1 saturated heterocycles. The smallest absolute Gasteiger partial charge is 0.320 e. The SMILES string of the molecule is C=CC(=O)N1CCC(CC(N)C(=O)O)CC1. The normalized spacial score (nSPS) is 19.2. The average Bonchev–Trinajstić information content (AvgIpc) is 2.28. The quantitative estimate of drug-likeness (QED) is 0.671. The summed E-state index contributed by atoms with van der Waals surface area (Å²) in [6, 6.07) is -0.786. The molecule has 90 valence electrons. The number of aliphatic carboxylic acids is 1. The summed E-state index contributed by atoms with van der Waals surface area (Å²) < 4.78 is 0. The van der Waals surface area contributed by atoms with E-state index in [4.69, 9.17) is 10.8 Å². The van der Waals surface area contributed by atoms with Crippen LogP contribution in [0.25, 0.3) is 0 Å². The summed E-state index contributed by atoms with van der Waals surface area (Å²) in [4.78, 5) is 23.6. The summed E-state index contributed by atoms with van der Waals surface area (Å²) >= 11 is 0. The van der Waals surface area contributed by atoms with Gasteiger partial charge in [-0.3, -0.25) is 9.59 Å². The number of carboxylic acid groups (broad SMARTS) is 1. The van der Waals surface area contributed by atoms with Gasteiger partial charge in [0.25, 0.3) is 0 Å². The van der Waals surface area contributed by atoms with Gasteiger partial charge in [-0.25, -0.2) is 0 Å². The van der Waals surface area contributed by atoms with Crippen LogP contribution in [0.2, 0.25) is 0 Å². The Kier molecular flexibility index (Phi) is 4.49. The minimum absolute atomic E-state index is 0.0546. The zero-order valence-electron chi connectivity index (χ0n) is 9.26. The average molecular weight is 226 g/mol. The molecule has 1 fully saturated rings. The minimum atomic E-state index is -0.954. The molecule has 1 rings (SSSR count). The van der Waals surface area contributed by atoms with E-state index in [1.807, 2.05) is 0 Å². The molecule has 3 N–H and O–H groups in total. The van der Waals surface area contributed by atoms with E-state index in [1.54, 1.807) is 4.90 Å². The molecule has 1 aliphatic heterocycles. The molecule has 1 unspecified atom stereocenters. The fourth-order valence-corrected chi connectivity index (χ4v) is 1.98. The van der Waals surface area contributed by atoms with Gasteiger partial charge in [0, 0.05) is 13.1 Å². The topological polar surface area (TPSA) is 83.6 Å². The van der Waals surface area contributed by atoms with Crippen LogP contribution < -0.4 is 5.73 Å². The largest absolute Gasteiger partial charge is 0.480 e. The maximum atomic E-state index is 11.3. The summed E-state index contributed by atoms with van der Waals surface area (Å²) in [6.07, 6.45) is 3.44. The Labute approximate surface area is 94.9 Å². The molecule has 0 bridgehead atoms. The Hall–Kier alpha value is -1.36. The molecule has 0 aromatic rings. The first-order chi connectivity index (χ1) is 7.54. The van der Waals surface area contributed by atoms with Crippen LogP contribution in [-0.2, 0) is 9.59 Å². The lowest BCUT2D eigenvalue weighted by molar-refractivity contribution is -0.139. The first-order valence-corrected chi connectivity index (χ1v) is 5.44. The van der Waals surface area contributed by atoms with E-state index in [0.717, 1.165) is 12.8 Å². The molecular formula is C11H18N2O3. The number of hydrogen-bond donors (Lipinski definition) is 2. The summed E-state index contributed by atoms with van der Waals surface area (Å²) in [7, 11) is 0. The Morgan fingerprint density at radius 3 is 2.50 bits per heavy atom. The van der Waals surface area contributed by atoms with E-state index in [2.05, 4.69) is 6.58 Å². The van der Waals surface area contributed by atoms with Crippen LogP contribution in [0.1, 0.15) is 19.3 Å². The summed E-state index contributed by atoms with van der Waals surface area (Å²) in [5, 5.41) is 8.69. The van der Waals surface area contributed by atoms with Crippen molar-refractivity contribution in [3.8, 4) is 0 Å². The molecule has 0 aliphatic carbocycles. The molecule has 0 aromatic heterocycles. The molecule has 1 heterocycles. The van der Waals surface area contributed by atoms with Gasteiger partial charge in [-0.2, -0.15) is 0 Å². The van der Waals surface area contributed by atoms with E-state index in [9.17, 15) is 9.59 Å². The number of hydrogen-bond acceptors (Lipinski definition) is 3. The van der Waals surface area contributed by atoms with Crippen molar-refractivity contribution in [1.29, 1.82) is 0 Å². The highest BCUT2D eigenvalue weighted by molar-refractivity contribution is 5.87. The van der Waals surface area contributed by atoms with E-state index in [1.165, 1.54) is 6.08 Å². The lowest BCUT2D eigenvalue weighted by Crippen LogP contribution is -2.40. The lowest BCUT2D eigenvalue weighted by Gasteiger charge is -2.31. The van der Waals surface area contributed by atoms with Gasteiger partial charge < -0.3 is 15.7 Å². The van der Waals surface area contributed by atoms with E-state index < -0.39 is 12.0 Å². The Morgan fingerprint density at radius 1 is 1.50 bits per heavy atom. The maximum Gasteiger partial charge on any atom is 0.320 e. The highest BCUT2D eigenvalue weighted by Crippen LogP contribution is 2.21. The second-order valence-corrected chi connectivity index (χ2v) is 4.15. The fraction of sp³-hybridized carbons (Fsp3) is 0.636. The van der Waals surface area contributed by atoms with Crippen molar-refractivity contribution in [2.45, 2.75) is 25.3 Å². The van der Waals surface area contributed by atoms with Crippen LogP contribution in [0.5, 0.6) is 0 Å². The predicted molar refractivity (Wildman–Crippen MR) is 59.7 cm³/mol. The van der Waals surface area contributed by atoms with Crippen LogP contribution in [0.3, 0.4) is 0 Å². The molecular weight excluding hydrogens is 208 g/mol. The van der Waals surface area contributed by atoms with Crippen molar-refractivity contribution in [3.05, 3.63) is 12.7 Å². The van der Waals surface area contributed by atoms with Gasteiger partial charge in [0.05, 0.1) is 0 Å². The number of likely N-dealkylation sites (tertiary alicyclic amines) is 1. The summed E-state index contributed by atoms with van der Waals surface area (Å²) in [5.74, 6) is -0.703. The van der Waals surface area contributed by atoms with Gasteiger partial charge in [0.1, 0.15) is 6.04 Å². The number of nitrogens with zero attached hydrogens (tertiary/aromatic N) is 1. The molecule has 0 spiro atoms. The van der Waals surface area contributed by atoms with Gasteiger partial charge >= 0.3 is 5.97 Å². The predicted octanol–water partition coefficient (Wildman–Crippen LogP) is 0.213. The number of carbonyl (C=O) groups is 2. The Bertz CT molecular complexity index is 283. The van der Waals surface area contributed by atoms with Gasteiger partial charge in [-0.05, 0) is 31.3 Å². The minimum Gasteiger partial charge on any atom is -0.480 e. The maximum absolute atomic E-state index is 11.3. The zero-order valence-corrected chi connectivity index (χ0v) is 9.26. The van der Waals surface area contributed by atoms with Gasteiger partial charge in [0.2, 0.25) is 5.91 Å². The van der Waals surface area contributed by atoms with Gasteiger partial charge in [-0.1, -0.05) is 6.58 Å². The Morgan fingerprint density at radius 2 is 2.06 bits per heavy atom. The molecule has 1 atom stereocenters. The van der Waals surface area contributed by atoms with Crippen molar-refractivity contribution in [2.75, 3.05) is 13.1 Å². The molecule has 5 heteroatoms. The van der Waals surface area contributed by atoms with Crippen molar-refractivity contribution >= 4 is 11.9 Å². The van der Waals surface area contributed by atoms with Crippen LogP contribution in [0, 0.1) is 5.92 Å². The third kappa shape index (κ3) is 3.34. The number of carboxylic acids is 1. The number of rotatable bonds is 4. The number of carbonyl (C=O) groups excluding carboxylic acids is 1. The van der Waals surface area contributed by atoms with Crippen molar-refractivity contribution in [2.24, 2.45) is 11.7 Å². The number of piperidine rings is 1. The van der Waals surface area contributed by atoms with Gasteiger partial charge in [0.15, 0.2) is 0 Å². The van der Waals surface area contributed by atoms with Crippen LogP contribution in [0.4, 0.5) is 0 Å². The monoisotopic (exact) mass is 226 g/mol. The van der Waals surface area contributed by atoms with Gasteiger partial charge in [-0.15, -0.1) is 0 Å². The van der Waals surface area contributed by atoms with E-state index in [-0.39, 0.29) is 5.91 Å². The number of amides is 1. The highest BCUT2D eigenvalue weighted by atomic mass is 16.4. The molecule has 5 nitrogen and oxygen atoms in total. The third-order valence-corrected chi connectivity index (χ3v) is 3.01. The molecule has 0 saturated carbocycles. The van der Waals surface area contributed by atoms with Crippen LogP contribution in [0.15, 0.2) is 12.7 Å². The van der Waals surface area contributed by atoms with Crippen LogP contribution >= 0.6 is 0 Å². The molecule has 0 aromatic carbocycles. The Balaban J connectivity index is 2.35. The highest BCUT2D eigenvalue weighted by Gasteiger charge is 2.24. The summed E-state index contributed by atoms with van der Waals surface area (Å²) in [6.45, 7) is 4.77. The number of nitrogens with two attached hydrogens (primary N) is 1. The molecule has 1 aliphatic rings. The fourth-order valence-electron chi connectivity index (χ4n) is 1.98. The van der Waals surface area contributed by atoms with Crippen LogP contribution in [-0.4, -0.2) is 41.0 Å². The lowest BCUT2D eigenvalue weighted by atomic mass is 9.90. The second-order valence-electron chi connectivity index (χ2n) is 4.15. The molecule has 0 radical (unpaired) electrons. The van der Waals surface area contributed by atoms with E-state index >= 15 is 0 Å². The third-order valence-electron chi connectivity index (χ3n) is 3.01. The first-order valence-electron chi connectivity index (χ1n) is 5.44. The molecule has 1 amide bonds. The van der Waals surface area contributed by atoms with Crippen molar-refractivity contribution < 1.29 is 14.7 Å². The zero-order chi connectivity index (χ0) is 12.1. The molecule has 16 heavy (non-hydrogen) atoms. The standard InChI is InChI=1S/C11H18N2O3/c1-2-10(14)13-5-3-8(4-6-13)7-9(12)11(15)16/h2,8-9H,1,3-7,12H2,(H,15,16).